The summed E-state index contributed by atoms with van der Waals surface area (Å²) >= 11 is -0.289. The SMILES string of the molecule is C1=NI=Cc2c1oc1ccc(-n3c4ccccc4n4c5ccccc5nc34)cc21. The van der Waals surface area contributed by atoms with Crippen molar-refractivity contribution in [1.82, 2.24) is 14.0 Å². The molecule has 0 unspecified atom stereocenters. The van der Waals surface area contributed by atoms with E-state index in [4.69, 9.17) is 9.40 Å². The molecule has 4 heterocycles. The number of fused-ring (bicyclic) bond motifs is 8. The van der Waals surface area contributed by atoms with E-state index in [9.17, 15) is 0 Å². The number of aromatic nitrogens is 3. The Bertz CT molecular complexity index is 1660. The number of para-hydroxylation sites is 4. The summed E-state index contributed by atoms with van der Waals surface area (Å²) in [4.78, 5) is 4.96. The van der Waals surface area contributed by atoms with Crippen LogP contribution in [-0.4, -0.2) is 24.2 Å². The second kappa shape index (κ2) is 5.64. The summed E-state index contributed by atoms with van der Waals surface area (Å²) < 4.78 is 17.1. The van der Waals surface area contributed by atoms with Gasteiger partial charge in [-0.15, -0.1) is 0 Å². The van der Waals surface area contributed by atoms with Gasteiger partial charge in [0.05, 0.1) is 34.0 Å². The highest BCUT2D eigenvalue weighted by Gasteiger charge is 2.19. The molecule has 1 aliphatic heterocycles. The first-order chi connectivity index (χ1) is 14.4. The van der Waals surface area contributed by atoms with Crippen LogP contribution >= 0.6 is 21.0 Å². The molecule has 0 aliphatic carbocycles. The van der Waals surface area contributed by atoms with Crippen LogP contribution in [-0.2, 0) is 0 Å². The van der Waals surface area contributed by atoms with Gasteiger partial charge in [0.25, 0.3) is 0 Å². The van der Waals surface area contributed by atoms with Crippen molar-refractivity contribution in [2.75, 3.05) is 0 Å². The van der Waals surface area contributed by atoms with Crippen LogP contribution in [0.4, 0.5) is 0 Å². The highest BCUT2D eigenvalue weighted by molar-refractivity contribution is 14.2. The lowest BCUT2D eigenvalue weighted by Crippen LogP contribution is -1.95. The molecule has 1 aliphatic rings. The van der Waals surface area contributed by atoms with E-state index < -0.39 is 0 Å². The monoisotopic (exact) mass is 488 g/mol. The zero-order chi connectivity index (χ0) is 18.9. The summed E-state index contributed by atoms with van der Waals surface area (Å²) in [6.07, 6.45) is 1.87. The number of benzene rings is 3. The topological polar surface area (TPSA) is 47.7 Å². The maximum absolute atomic E-state index is 5.99. The zero-order valence-corrected chi connectivity index (χ0v) is 17.2. The van der Waals surface area contributed by atoms with Gasteiger partial charge in [-0.2, -0.15) is 0 Å². The summed E-state index contributed by atoms with van der Waals surface area (Å²) in [5.74, 6) is 1.78. The summed E-state index contributed by atoms with van der Waals surface area (Å²) in [7, 11) is 0. The predicted octanol–water partition coefficient (Wildman–Crippen LogP) is 5.65. The molecule has 0 saturated heterocycles. The Hall–Kier alpha value is -3.26. The molecule has 138 valence electrons. The summed E-state index contributed by atoms with van der Waals surface area (Å²) in [5, 5.41) is 1.13. The van der Waals surface area contributed by atoms with Gasteiger partial charge in [0.2, 0.25) is 5.78 Å². The Kier molecular flexibility index (Phi) is 3.04. The van der Waals surface area contributed by atoms with Gasteiger partial charge in [0.1, 0.15) is 5.58 Å². The van der Waals surface area contributed by atoms with Crippen molar-refractivity contribution >= 4 is 70.0 Å². The molecule has 7 rings (SSSR count). The van der Waals surface area contributed by atoms with Crippen molar-refractivity contribution in [3.05, 3.63) is 78.1 Å². The number of rotatable bonds is 1. The average Bonchev–Trinajstić information content (AvgIpc) is 3.41. The Morgan fingerprint density at radius 2 is 1.69 bits per heavy atom. The Morgan fingerprint density at radius 1 is 0.862 bits per heavy atom. The molecule has 6 heteroatoms. The normalized spacial score (nSPS) is 13.5. The van der Waals surface area contributed by atoms with Crippen molar-refractivity contribution in [3.63, 3.8) is 0 Å². The van der Waals surface area contributed by atoms with Crippen LogP contribution in [0.5, 0.6) is 0 Å². The molecule has 29 heavy (non-hydrogen) atoms. The maximum atomic E-state index is 5.99. The summed E-state index contributed by atoms with van der Waals surface area (Å²) in [5.41, 5.74) is 7.55. The quantitative estimate of drug-likeness (QED) is 0.281. The van der Waals surface area contributed by atoms with Gasteiger partial charge in [-0.25, -0.2) is 8.19 Å². The van der Waals surface area contributed by atoms with Crippen molar-refractivity contribution < 1.29 is 4.42 Å². The number of halogens is 1. The lowest BCUT2D eigenvalue weighted by molar-refractivity contribution is 0.607. The van der Waals surface area contributed by atoms with E-state index in [1.54, 1.807) is 0 Å². The highest BCUT2D eigenvalue weighted by Crippen LogP contribution is 2.33. The van der Waals surface area contributed by atoms with Crippen molar-refractivity contribution in [2.45, 2.75) is 0 Å². The molecule has 0 saturated carbocycles. The summed E-state index contributed by atoms with van der Waals surface area (Å²) in [6, 6.07) is 23.1. The van der Waals surface area contributed by atoms with Crippen LogP contribution in [0.2, 0.25) is 0 Å². The maximum Gasteiger partial charge on any atom is 0.220 e. The number of hydrogen-bond acceptors (Lipinski definition) is 3. The van der Waals surface area contributed by atoms with Crippen molar-refractivity contribution in [3.8, 4) is 5.69 Å². The van der Waals surface area contributed by atoms with E-state index in [1.165, 1.54) is 5.56 Å². The largest absolute Gasteiger partial charge is 0.454 e. The standard InChI is InChI=1S/C23H13IN4O/c1-2-6-18-17(5-1)26-23-27(19-7-3-4-8-20(19)28(18)23)14-9-10-21-15(11-14)16-12-24-25-13-22(16)29-21/h1-13H. The third kappa shape index (κ3) is 2.06. The second-order valence-electron chi connectivity index (χ2n) is 7.05. The Labute approximate surface area is 175 Å². The molecule has 5 nitrogen and oxygen atoms in total. The molecule has 6 aromatic rings. The van der Waals surface area contributed by atoms with E-state index in [0.717, 1.165) is 50.3 Å². The molecule has 0 N–H and O–H groups in total. The lowest BCUT2D eigenvalue weighted by Gasteiger charge is -2.05. The third-order valence-electron chi connectivity index (χ3n) is 5.48. The molecule has 0 fully saturated rings. The van der Waals surface area contributed by atoms with Gasteiger partial charge in [-0.05, 0) is 42.5 Å². The van der Waals surface area contributed by atoms with Gasteiger partial charge in [0, 0.05) is 36.0 Å². The molecular formula is C23H13IN4O. The van der Waals surface area contributed by atoms with E-state index in [-0.39, 0.29) is 21.0 Å². The van der Waals surface area contributed by atoms with Crippen molar-refractivity contribution in [2.24, 2.45) is 3.21 Å². The smallest absolute Gasteiger partial charge is 0.220 e. The first-order valence-corrected chi connectivity index (χ1v) is 11.5. The Morgan fingerprint density at radius 3 is 2.62 bits per heavy atom. The molecule has 0 radical (unpaired) electrons. The van der Waals surface area contributed by atoms with Crippen molar-refractivity contribution in [1.29, 1.82) is 0 Å². The van der Waals surface area contributed by atoms with Crippen LogP contribution in [0.15, 0.2) is 74.4 Å². The molecule has 3 aromatic carbocycles. The predicted molar refractivity (Wildman–Crippen MR) is 126 cm³/mol. The van der Waals surface area contributed by atoms with Gasteiger partial charge in [-0.3, -0.25) is 8.97 Å². The third-order valence-corrected chi connectivity index (χ3v) is 6.99. The minimum absolute atomic E-state index is 0.289. The Balaban J connectivity index is 1.62. The fraction of sp³-hybridized carbons (Fsp3) is 0. The van der Waals surface area contributed by atoms with Gasteiger partial charge in [0.15, 0.2) is 5.76 Å². The number of imidazole rings is 2. The van der Waals surface area contributed by atoms with Crippen LogP contribution in [0.1, 0.15) is 11.3 Å². The van der Waals surface area contributed by atoms with E-state index in [0.29, 0.717) is 0 Å². The average molecular weight is 488 g/mol. The van der Waals surface area contributed by atoms with E-state index >= 15 is 0 Å². The van der Waals surface area contributed by atoms with Crippen LogP contribution in [0.25, 0.3) is 44.5 Å². The van der Waals surface area contributed by atoms with E-state index in [1.807, 2.05) is 12.3 Å². The fourth-order valence-electron chi connectivity index (χ4n) is 4.23. The molecular weight excluding hydrogens is 475 g/mol. The van der Waals surface area contributed by atoms with Gasteiger partial charge >= 0.3 is 0 Å². The molecule has 3 aromatic heterocycles. The molecule has 0 amide bonds. The van der Waals surface area contributed by atoms with Crippen LogP contribution in [0, 0.1) is 0 Å². The summed E-state index contributed by atoms with van der Waals surface area (Å²) in [6.45, 7) is 0. The molecule has 0 atom stereocenters. The second-order valence-corrected chi connectivity index (χ2v) is 8.79. The van der Waals surface area contributed by atoms with Crippen LogP contribution < -0.4 is 0 Å². The molecule has 0 bridgehead atoms. The highest BCUT2D eigenvalue weighted by atomic mass is 127. The first-order valence-electron chi connectivity index (χ1n) is 9.31. The number of furan rings is 1. The zero-order valence-electron chi connectivity index (χ0n) is 15.1. The fourth-order valence-corrected chi connectivity index (χ4v) is 5.72. The van der Waals surface area contributed by atoms with Gasteiger partial charge < -0.3 is 4.42 Å². The minimum atomic E-state index is -0.289. The minimum Gasteiger partial charge on any atom is -0.454 e. The first kappa shape index (κ1) is 15.6. The number of nitrogens with zero attached hydrogens (tertiary/aromatic N) is 4. The van der Waals surface area contributed by atoms with Gasteiger partial charge in [-0.1, -0.05) is 24.3 Å². The van der Waals surface area contributed by atoms with E-state index in [2.05, 4.69) is 76.8 Å². The van der Waals surface area contributed by atoms with Crippen LogP contribution in [0.3, 0.4) is 0 Å². The molecule has 0 spiro atoms. The lowest BCUT2D eigenvalue weighted by atomic mass is 10.1. The number of hydrogen-bond donors (Lipinski definition) is 0.